The van der Waals surface area contributed by atoms with Crippen LogP contribution in [-0.4, -0.2) is 58.7 Å². The molecule has 0 aromatic carbocycles. The van der Waals surface area contributed by atoms with Crippen molar-refractivity contribution < 1.29 is 15.3 Å². The van der Waals surface area contributed by atoms with Gasteiger partial charge in [0.15, 0.2) is 0 Å². The highest BCUT2D eigenvalue weighted by molar-refractivity contribution is 4.65. The van der Waals surface area contributed by atoms with Crippen LogP contribution in [0.15, 0.2) is 0 Å². The molecule has 4 nitrogen and oxygen atoms in total. The quantitative estimate of drug-likeness (QED) is 0.203. The summed E-state index contributed by atoms with van der Waals surface area (Å²) in [4.78, 5) is 2.17. The molecular weight excluding hydrogens is 362 g/mol. The summed E-state index contributed by atoms with van der Waals surface area (Å²) in [6, 6.07) is 0. The molecule has 0 rings (SSSR count). The van der Waals surface area contributed by atoms with E-state index in [1.807, 2.05) is 13.8 Å². The lowest BCUT2D eigenvalue weighted by Gasteiger charge is -2.24. The highest BCUT2D eigenvalue weighted by Crippen LogP contribution is 2.19. The molecule has 0 aliphatic heterocycles. The van der Waals surface area contributed by atoms with Crippen molar-refractivity contribution in [2.24, 2.45) is 5.92 Å². The Morgan fingerprint density at radius 1 is 0.621 bits per heavy atom. The maximum Gasteiger partial charge on any atom is 0.0639 e. The van der Waals surface area contributed by atoms with E-state index < -0.39 is 0 Å². The zero-order valence-electron chi connectivity index (χ0n) is 20.0. The fourth-order valence-corrected chi connectivity index (χ4v) is 4.20. The molecule has 3 atom stereocenters. The summed E-state index contributed by atoms with van der Waals surface area (Å²) in [6.45, 7) is 8.50. The Kier molecular flexibility index (Phi) is 21.0. The number of hydrogen-bond acceptors (Lipinski definition) is 4. The van der Waals surface area contributed by atoms with Gasteiger partial charge in [-0.1, -0.05) is 84.0 Å². The normalized spacial score (nSPS) is 15.0. The summed E-state index contributed by atoms with van der Waals surface area (Å²) in [5.74, 6) is 0.523. The molecule has 0 bridgehead atoms. The van der Waals surface area contributed by atoms with Crippen LogP contribution in [-0.2, 0) is 0 Å². The van der Waals surface area contributed by atoms with E-state index in [4.69, 9.17) is 0 Å². The first-order chi connectivity index (χ1) is 14.0. The first-order valence-corrected chi connectivity index (χ1v) is 12.7. The SMILES string of the molecule is CCCCCCCCC(CO)CCCCCCCCCN(CC(C)O)CC(C)O. The fourth-order valence-electron chi connectivity index (χ4n) is 4.20. The largest absolute Gasteiger partial charge is 0.396 e. The van der Waals surface area contributed by atoms with E-state index in [9.17, 15) is 15.3 Å². The highest BCUT2D eigenvalue weighted by Gasteiger charge is 2.10. The number of nitrogens with zero attached hydrogens (tertiary/aromatic N) is 1. The van der Waals surface area contributed by atoms with E-state index in [1.54, 1.807) is 0 Å². The van der Waals surface area contributed by atoms with Gasteiger partial charge in [0.25, 0.3) is 0 Å². The third-order valence-corrected chi connectivity index (χ3v) is 5.86. The topological polar surface area (TPSA) is 63.9 Å². The van der Waals surface area contributed by atoms with Gasteiger partial charge in [-0.15, -0.1) is 0 Å². The molecule has 176 valence electrons. The predicted molar refractivity (Wildman–Crippen MR) is 125 cm³/mol. The van der Waals surface area contributed by atoms with Crippen LogP contribution in [0.4, 0.5) is 0 Å². The Morgan fingerprint density at radius 3 is 1.45 bits per heavy atom. The summed E-state index contributed by atoms with van der Waals surface area (Å²) in [7, 11) is 0. The average Bonchev–Trinajstić information content (AvgIpc) is 2.66. The van der Waals surface area contributed by atoms with Crippen LogP contribution >= 0.6 is 0 Å². The van der Waals surface area contributed by atoms with Crippen molar-refractivity contribution in [3.05, 3.63) is 0 Å². The standard InChI is InChI=1S/C25H53NO3/c1-4-5-6-7-11-14-17-25(22-27)18-15-12-9-8-10-13-16-19-26(20-23(2)28)21-24(3)29/h23-25,27-29H,4-22H2,1-3H3. The Morgan fingerprint density at radius 2 is 1.03 bits per heavy atom. The van der Waals surface area contributed by atoms with Gasteiger partial charge in [-0.25, -0.2) is 0 Å². The minimum Gasteiger partial charge on any atom is -0.396 e. The summed E-state index contributed by atoms with van der Waals surface area (Å²) < 4.78 is 0. The van der Waals surface area contributed by atoms with E-state index in [-0.39, 0.29) is 12.2 Å². The molecule has 0 radical (unpaired) electrons. The second-order valence-electron chi connectivity index (χ2n) is 9.33. The third-order valence-electron chi connectivity index (χ3n) is 5.86. The average molecular weight is 416 g/mol. The summed E-state index contributed by atoms with van der Waals surface area (Å²) >= 11 is 0. The minimum absolute atomic E-state index is 0.336. The molecule has 3 unspecified atom stereocenters. The van der Waals surface area contributed by atoms with Crippen molar-refractivity contribution in [3.63, 3.8) is 0 Å². The number of rotatable bonds is 22. The molecule has 0 aromatic heterocycles. The van der Waals surface area contributed by atoms with Gasteiger partial charge in [0, 0.05) is 19.7 Å². The number of aliphatic hydroxyl groups is 3. The Hall–Kier alpha value is -0.160. The van der Waals surface area contributed by atoms with Gasteiger partial charge < -0.3 is 15.3 Å². The summed E-state index contributed by atoms with van der Waals surface area (Å²) in [6.07, 6.45) is 18.6. The van der Waals surface area contributed by atoms with Crippen molar-refractivity contribution in [2.45, 2.75) is 129 Å². The lowest BCUT2D eigenvalue weighted by atomic mass is 9.95. The van der Waals surface area contributed by atoms with Gasteiger partial charge in [0.1, 0.15) is 0 Å². The van der Waals surface area contributed by atoms with Crippen LogP contribution in [0.5, 0.6) is 0 Å². The van der Waals surface area contributed by atoms with Crippen LogP contribution in [0.1, 0.15) is 117 Å². The van der Waals surface area contributed by atoms with Crippen molar-refractivity contribution in [2.75, 3.05) is 26.2 Å². The molecule has 0 aliphatic rings. The lowest BCUT2D eigenvalue weighted by molar-refractivity contribution is 0.0825. The number of unbranched alkanes of at least 4 members (excludes halogenated alkanes) is 11. The zero-order valence-corrected chi connectivity index (χ0v) is 20.0. The Labute approximate surface area is 182 Å². The molecule has 0 aliphatic carbocycles. The summed E-state index contributed by atoms with van der Waals surface area (Å²) in [5.41, 5.74) is 0. The number of hydrogen-bond donors (Lipinski definition) is 3. The van der Waals surface area contributed by atoms with Crippen molar-refractivity contribution in [1.82, 2.24) is 4.90 Å². The molecule has 3 N–H and O–H groups in total. The van der Waals surface area contributed by atoms with E-state index in [0.717, 1.165) is 13.0 Å². The molecule has 0 spiro atoms. The molecule has 4 heteroatoms. The highest BCUT2D eigenvalue weighted by atomic mass is 16.3. The van der Waals surface area contributed by atoms with Gasteiger partial charge in [0.2, 0.25) is 0 Å². The Balaban J connectivity index is 3.55. The van der Waals surface area contributed by atoms with Gasteiger partial charge in [-0.2, -0.15) is 0 Å². The zero-order chi connectivity index (χ0) is 21.7. The first kappa shape index (κ1) is 28.8. The van der Waals surface area contributed by atoms with E-state index in [2.05, 4.69) is 11.8 Å². The van der Waals surface area contributed by atoms with Gasteiger partial charge in [-0.05, 0) is 45.6 Å². The molecule has 0 saturated heterocycles. The fraction of sp³-hybridized carbons (Fsp3) is 1.00. The second kappa shape index (κ2) is 21.1. The van der Waals surface area contributed by atoms with Crippen molar-refractivity contribution in [3.8, 4) is 0 Å². The predicted octanol–water partition coefficient (Wildman–Crippen LogP) is 5.53. The molecular formula is C25H53NO3. The maximum absolute atomic E-state index is 9.59. The van der Waals surface area contributed by atoms with E-state index in [0.29, 0.717) is 25.6 Å². The molecule has 0 amide bonds. The van der Waals surface area contributed by atoms with Crippen LogP contribution in [0.25, 0.3) is 0 Å². The van der Waals surface area contributed by atoms with E-state index >= 15 is 0 Å². The molecule has 29 heavy (non-hydrogen) atoms. The van der Waals surface area contributed by atoms with Crippen LogP contribution in [0.3, 0.4) is 0 Å². The molecule has 0 saturated carbocycles. The molecule has 0 aromatic rings. The maximum atomic E-state index is 9.59. The van der Waals surface area contributed by atoms with Crippen molar-refractivity contribution in [1.29, 1.82) is 0 Å². The smallest absolute Gasteiger partial charge is 0.0639 e. The molecule has 0 heterocycles. The van der Waals surface area contributed by atoms with E-state index in [1.165, 1.54) is 89.9 Å². The van der Waals surface area contributed by atoms with Crippen LogP contribution in [0.2, 0.25) is 0 Å². The van der Waals surface area contributed by atoms with Gasteiger partial charge in [-0.3, -0.25) is 4.90 Å². The lowest BCUT2D eigenvalue weighted by Crippen LogP contribution is -2.36. The van der Waals surface area contributed by atoms with Gasteiger partial charge >= 0.3 is 0 Å². The van der Waals surface area contributed by atoms with Crippen LogP contribution in [0, 0.1) is 5.92 Å². The first-order valence-electron chi connectivity index (χ1n) is 12.7. The number of aliphatic hydroxyl groups excluding tert-OH is 3. The second-order valence-corrected chi connectivity index (χ2v) is 9.33. The monoisotopic (exact) mass is 415 g/mol. The van der Waals surface area contributed by atoms with Crippen molar-refractivity contribution >= 4 is 0 Å². The minimum atomic E-state index is -0.336. The van der Waals surface area contributed by atoms with Crippen LogP contribution < -0.4 is 0 Å². The summed E-state index contributed by atoms with van der Waals surface area (Å²) in [5, 5.41) is 28.7. The molecule has 0 fully saturated rings. The van der Waals surface area contributed by atoms with Gasteiger partial charge in [0.05, 0.1) is 12.2 Å². The third kappa shape index (κ3) is 20.9. The Bertz CT molecular complexity index is 313.